The van der Waals surface area contributed by atoms with Crippen LogP contribution >= 0.6 is 0 Å². The van der Waals surface area contributed by atoms with Crippen molar-refractivity contribution in [2.45, 2.75) is 63.0 Å². The van der Waals surface area contributed by atoms with Gasteiger partial charge in [0.25, 0.3) is 0 Å². The molecule has 0 spiro atoms. The minimum Gasteiger partial charge on any atom is -0.390 e. The van der Waals surface area contributed by atoms with Crippen LogP contribution in [0.1, 0.15) is 65.7 Å². The predicted octanol–water partition coefficient (Wildman–Crippen LogP) is 4.96. The minimum atomic E-state index is -0.470. The summed E-state index contributed by atoms with van der Waals surface area (Å²) in [5.41, 5.74) is 4.14. The lowest BCUT2D eigenvalue weighted by molar-refractivity contribution is -0.129. The first-order valence-corrected chi connectivity index (χ1v) is 11.9. The number of nitrogens with one attached hydrogen (secondary N) is 1. The maximum Gasteiger partial charge on any atom is 0.166 e. The fraction of sp³-hybridized carbons (Fsp3) is 0.481. The number of pyridine rings is 1. The van der Waals surface area contributed by atoms with Crippen LogP contribution in [0.25, 0.3) is 6.08 Å². The van der Waals surface area contributed by atoms with Gasteiger partial charge in [-0.3, -0.25) is 9.78 Å². The number of fused-ring (bicyclic) bond motifs is 1. The first kappa shape index (κ1) is 20.1. The molecule has 4 nitrogen and oxygen atoms in total. The van der Waals surface area contributed by atoms with Crippen LogP contribution in [0.15, 0.2) is 36.5 Å². The molecule has 2 aromatic rings. The largest absolute Gasteiger partial charge is 0.390 e. The predicted molar refractivity (Wildman–Crippen MR) is 122 cm³/mol. The van der Waals surface area contributed by atoms with E-state index in [9.17, 15) is 14.3 Å². The number of aryl methyl sites for hydroxylation is 1. The van der Waals surface area contributed by atoms with Gasteiger partial charge in [-0.15, -0.1) is 0 Å². The number of aromatic nitrogens is 1. The molecule has 0 amide bonds. The molecule has 0 saturated heterocycles. The van der Waals surface area contributed by atoms with Crippen LogP contribution in [0.3, 0.4) is 0 Å². The molecule has 0 aliphatic heterocycles. The van der Waals surface area contributed by atoms with Gasteiger partial charge in [0.15, 0.2) is 5.78 Å². The molecule has 4 saturated carbocycles. The molecule has 2 atom stereocenters. The number of Topliss-reactive ketones (excluding diaryl/α,β-unsaturated/α-hetero) is 1. The summed E-state index contributed by atoms with van der Waals surface area (Å²) < 4.78 is 13.2. The van der Waals surface area contributed by atoms with E-state index in [2.05, 4.69) is 22.5 Å². The number of nitrogens with zero attached hydrogens (tertiary/aromatic N) is 1. The van der Waals surface area contributed by atoms with E-state index in [0.717, 1.165) is 48.2 Å². The first-order valence-electron chi connectivity index (χ1n) is 11.9. The van der Waals surface area contributed by atoms with Gasteiger partial charge in [-0.2, -0.15) is 0 Å². The van der Waals surface area contributed by atoms with E-state index in [1.54, 1.807) is 18.3 Å². The summed E-state index contributed by atoms with van der Waals surface area (Å²) in [6.07, 6.45) is 12.7. The van der Waals surface area contributed by atoms with E-state index in [1.165, 1.54) is 25.0 Å². The first-order chi connectivity index (χ1) is 15.5. The fourth-order valence-corrected chi connectivity index (χ4v) is 6.99. The standard InChI is InChI=1S/C27H29FN2O2/c28-20-7-4-16(5-8-20)6-9-24(31)22-15-29-23-3-1-2-21(23)26(22)30-25-18-10-17-11-19(25)14-27(32,12-17)13-18/h1-2,4-5,7-8,15,17-19,25,32H,3,6,9-14H2,(H,29,30). The third-order valence-electron chi connectivity index (χ3n) is 8.20. The monoisotopic (exact) mass is 432 g/mol. The van der Waals surface area contributed by atoms with Gasteiger partial charge in [0.2, 0.25) is 0 Å². The highest BCUT2D eigenvalue weighted by atomic mass is 19.1. The van der Waals surface area contributed by atoms with Crippen LogP contribution in [0, 0.1) is 23.6 Å². The molecule has 1 heterocycles. The van der Waals surface area contributed by atoms with Crippen molar-refractivity contribution in [3.8, 4) is 0 Å². The number of rotatable bonds is 6. The summed E-state index contributed by atoms with van der Waals surface area (Å²) >= 11 is 0. The molecule has 0 radical (unpaired) electrons. The molecule has 4 bridgehead atoms. The average Bonchev–Trinajstić information content (AvgIpc) is 3.24. The van der Waals surface area contributed by atoms with Crippen molar-refractivity contribution in [3.05, 3.63) is 64.7 Å². The van der Waals surface area contributed by atoms with Crippen LogP contribution in [0.4, 0.5) is 10.1 Å². The zero-order valence-corrected chi connectivity index (χ0v) is 18.2. The Labute approximate surface area is 188 Å². The highest BCUT2D eigenvalue weighted by molar-refractivity contribution is 6.03. The summed E-state index contributed by atoms with van der Waals surface area (Å²) in [5, 5.41) is 14.8. The molecule has 2 N–H and O–H groups in total. The van der Waals surface area contributed by atoms with Gasteiger partial charge in [0, 0.05) is 30.6 Å². The molecule has 5 heteroatoms. The van der Waals surface area contributed by atoms with Crippen LogP contribution in [-0.2, 0) is 12.8 Å². The third-order valence-corrected chi connectivity index (χ3v) is 8.20. The molecular weight excluding hydrogens is 403 g/mol. The van der Waals surface area contributed by atoms with E-state index >= 15 is 0 Å². The molecule has 1 aromatic heterocycles. The Kier molecular flexibility index (Phi) is 4.72. The SMILES string of the molecule is O=C(CCc1ccc(F)cc1)c1cnc2c(c1NC1C3CC4CC1CC(O)(C4)C3)C=CC2. The van der Waals surface area contributed by atoms with Gasteiger partial charge in [0.05, 0.1) is 22.5 Å². The smallest absolute Gasteiger partial charge is 0.166 e. The van der Waals surface area contributed by atoms with Crippen LogP contribution in [0.5, 0.6) is 0 Å². The number of ketones is 1. The van der Waals surface area contributed by atoms with Gasteiger partial charge in [-0.25, -0.2) is 4.39 Å². The molecule has 2 unspecified atom stereocenters. The highest BCUT2D eigenvalue weighted by Crippen LogP contribution is 2.56. The van der Waals surface area contributed by atoms with Gasteiger partial charge in [0.1, 0.15) is 5.82 Å². The van der Waals surface area contributed by atoms with Gasteiger partial charge in [-0.1, -0.05) is 24.3 Å². The Balaban J connectivity index is 1.27. The quantitative estimate of drug-likeness (QED) is 0.634. The average molecular weight is 433 g/mol. The number of hydrogen-bond acceptors (Lipinski definition) is 4. The van der Waals surface area contributed by atoms with Crippen molar-refractivity contribution in [1.82, 2.24) is 4.98 Å². The topological polar surface area (TPSA) is 62.2 Å². The number of benzene rings is 1. The third kappa shape index (κ3) is 3.47. The van der Waals surface area contributed by atoms with E-state index < -0.39 is 5.60 Å². The van der Waals surface area contributed by atoms with Crippen molar-refractivity contribution in [1.29, 1.82) is 0 Å². The molecule has 32 heavy (non-hydrogen) atoms. The van der Waals surface area contributed by atoms with Gasteiger partial charge < -0.3 is 10.4 Å². The summed E-state index contributed by atoms with van der Waals surface area (Å²) in [7, 11) is 0. The lowest BCUT2D eigenvalue weighted by atomic mass is 9.52. The maximum absolute atomic E-state index is 13.3. The molecular formula is C27H29FN2O2. The van der Waals surface area contributed by atoms with E-state index in [-0.39, 0.29) is 11.6 Å². The van der Waals surface area contributed by atoms with Crippen molar-refractivity contribution >= 4 is 17.5 Å². The number of carbonyl (C=O) groups excluding carboxylic acids is 1. The molecule has 1 aromatic carbocycles. The Bertz CT molecular complexity index is 1080. The number of halogens is 1. The Morgan fingerprint density at radius 1 is 1.16 bits per heavy atom. The van der Waals surface area contributed by atoms with Crippen molar-refractivity contribution in [2.24, 2.45) is 17.8 Å². The molecule has 5 aliphatic rings. The molecule has 7 rings (SSSR count). The second-order valence-electron chi connectivity index (χ2n) is 10.4. The molecule has 5 aliphatic carbocycles. The summed E-state index contributed by atoms with van der Waals surface area (Å²) in [4.78, 5) is 17.9. The second kappa shape index (κ2) is 7.51. The Morgan fingerprint density at radius 2 is 1.91 bits per heavy atom. The Hall–Kier alpha value is -2.53. The van der Waals surface area contributed by atoms with E-state index in [1.807, 2.05) is 0 Å². The van der Waals surface area contributed by atoms with E-state index in [4.69, 9.17) is 0 Å². The van der Waals surface area contributed by atoms with Crippen molar-refractivity contribution < 1.29 is 14.3 Å². The van der Waals surface area contributed by atoms with Crippen LogP contribution in [-0.4, -0.2) is 27.5 Å². The number of anilines is 1. The lowest BCUT2D eigenvalue weighted by Crippen LogP contribution is -2.59. The molecule has 4 fully saturated rings. The number of hydrogen-bond donors (Lipinski definition) is 2. The zero-order chi connectivity index (χ0) is 21.9. The number of carbonyl (C=O) groups is 1. The van der Waals surface area contributed by atoms with Crippen LogP contribution in [0.2, 0.25) is 0 Å². The number of allylic oxidation sites excluding steroid dienone is 1. The lowest BCUT2D eigenvalue weighted by Gasteiger charge is -2.58. The minimum absolute atomic E-state index is 0.0647. The van der Waals surface area contributed by atoms with Gasteiger partial charge >= 0.3 is 0 Å². The summed E-state index contributed by atoms with van der Waals surface area (Å²) in [6.45, 7) is 0. The Morgan fingerprint density at radius 3 is 2.62 bits per heavy atom. The molecule has 166 valence electrons. The van der Waals surface area contributed by atoms with Crippen LogP contribution < -0.4 is 5.32 Å². The zero-order valence-electron chi connectivity index (χ0n) is 18.2. The second-order valence-corrected chi connectivity index (χ2v) is 10.4. The number of aliphatic hydroxyl groups is 1. The maximum atomic E-state index is 13.3. The summed E-state index contributed by atoms with van der Waals surface area (Å²) in [5.74, 6) is 1.37. The fourth-order valence-electron chi connectivity index (χ4n) is 6.99. The highest BCUT2D eigenvalue weighted by Gasteiger charge is 2.54. The summed E-state index contributed by atoms with van der Waals surface area (Å²) in [6, 6.07) is 6.66. The van der Waals surface area contributed by atoms with Crippen molar-refractivity contribution in [2.75, 3.05) is 5.32 Å². The van der Waals surface area contributed by atoms with E-state index in [0.29, 0.717) is 42.2 Å². The van der Waals surface area contributed by atoms with Gasteiger partial charge in [-0.05, 0) is 74.0 Å². The van der Waals surface area contributed by atoms with Crippen molar-refractivity contribution in [3.63, 3.8) is 0 Å². The normalized spacial score (nSPS) is 31.7.